The molecule has 0 radical (unpaired) electrons. The first-order valence-corrected chi connectivity index (χ1v) is 13.3. The summed E-state index contributed by atoms with van der Waals surface area (Å²) in [5.41, 5.74) is 0.543. The zero-order valence-electron chi connectivity index (χ0n) is 18.9. The number of rotatable bonds is 17. The van der Waals surface area contributed by atoms with Gasteiger partial charge < -0.3 is 10.2 Å². The molecule has 0 saturated heterocycles. The molecule has 0 aliphatic rings. The van der Waals surface area contributed by atoms with Crippen LogP contribution in [0.4, 0.5) is 0 Å². The molecule has 0 fully saturated rings. The SMILES string of the molecule is CCCCCCCCCCCCCCCC(CC)c1cc(O)c(S(=O)(=O)O)cc1O. The number of unbranched alkanes of at least 4 members (excludes halogenated alkanes) is 12. The first-order valence-electron chi connectivity index (χ1n) is 11.8. The van der Waals surface area contributed by atoms with E-state index in [0.717, 1.165) is 31.7 Å². The van der Waals surface area contributed by atoms with Gasteiger partial charge in [-0.2, -0.15) is 8.42 Å². The molecule has 1 aromatic carbocycles. The highest BCUT2D eigenvalue weighted by Gasteiger charge is 2.22. The lowest BCUT2D eigenvalue weighted by atomic mass is 9.90. The zero-order chi connectivity index (χ0) is 22.4. The first kappa shape index (κ1) is 26.8. The van der Waals surface area contributed by atoms with Gasteiger partial charge in [-0.1, -0.05) is 97.3 Å². The quantitative estimate of drug-likeness (QED) is 0.133. The summed E-state index contributed by atoms with van der Waals surface area (Å²) < 4.78 is 31.6. The Kier molecular flexibility index (Phi) is 13.1. The molecule has 0 saturated carbocycles. The molecule has 0 bridgehead atoms. The van der Waals surface area contributed by atoms with E-state index >= 15 is 0 Å². The Bertz CT molecular complexity index is 700. The second kappa shape index (κ2) is 14.7. The summed E-state index contributed by atoms with van der Waals surface area (Å²) in [7, 11) is -4.56. The predicted molar refractivity (Wildman–Crippen MR) is 123 cm³/mol. The van der Waals surface area contributed by atoms with Gasteiger partial charge in [-0.05, 0) is 24.8 Å². The van der Waals surface area contributed by atoms with Gasteiger partial charge in [-0.25, -0.2) is 0 Å². The minimum Gasteiger partial charge on any atom is -0.508 e. The molecule has 0 aliphatic carbocycles. The van der Waals surface area contributed by atoms with Crippen molar-refractivity contribution in [1.82, 2.24) is 0 Å². The smallest absolute Gasteiger partial charge is 0.298 e. The molecule has 1 rings (SSSR count). The van der Waals surface area contributed by atoms with Gasteiger partial charge in [0, 0.05) is 11.6 Å². The maximum atomic E-state index is 11.2. The normalized spacial score (nSPS) is 12.9. The van der Waals surface area contributed by atoms with Crippen LogP contribution in [0.15, 0.2) is 17.0 Å². The summed E-state index contributed by atoms with van der Waals surface area (Å²) in [5, 5.41) is 20.1. The Hall–Kier alpha value is -1.27. The summed E-state index contributed by atoms with van der Waals surface area (Å²) in [6.45, 7) is 4.26. The first-order chi connectivity index (χ1) is 14.3. The van der Waals surface area contributed by atoms with Crippen LogP contribution in [0.5, 0.6) is 11.5 Å². The van der Waals surface area contributed by atoms with E-state index in [1.54, 1.807) is 0 Å². The van der Waals surface area contributed by atoms with Crippen LogP contribution in [0.25, 0.3) is 0 Å². The fourth-order valence-electron chi connectivity index (χ4n) is 4.10. The van der Waals surface area contributed by atoms with Crippen molar-refractivity contribution < 1.29 is 23.2 Å². The summed E-state index contributed by atoms with van der Waals surface area (Å²) >= 11 is 0. The van der Waals surface area contributed by atoms with E-state index in [-0.39, 0.29) is 11.7 Å². The average Bonchev–Trinajstić information content (AvgIpc) is 2.69. The van der Waals surface area contributed by atoms with E-state index < -0.39 is 20.8 Å². The van der Waals surface area contributed by atoms with Crippen molar-refractivity contribution in [2.45, 2.75) is 121 Å². The van der Waals surface area contributed by atoms with Crippen molar-refractivity contribution in [3.63, 3.8) is 0 Å². The van der Waals surface area contributed by atoms with Gasteiger partial charge in [0.05, 0.1) is 0 Å². The van der Waals surface area contributed by atoms with Gasteiger partial charge in [0.1, 0.15) is 16.4 Å². The van der Waals surface area contributed by atoms with E-state index in [4.69, 9.17) is 4.55 Å². The summed E-state index contributed by atoms with van der Waals surface area (Å²) in [6, 6.07) is 2.21. The lowest BCUT2D eigenvalue weighted by Crippen LogP contribution is -2.03. The summed E-state index contributed by atoms with van der Waals surface area (Å²) in [5.74, 6) is -0.657. The third-order valence-corrected chi connectivity index (χ3v) is 6.86. The highest BCUT2D eigenvalue weighted by molar-refractivity contribution is 7.86. The number of phenols is 2. The molecule has 174 valence electrons. The maximum Gasteiger partial charge on any atom is 0.298 e. The molecule has 0 aliphatic heterocycles. The molecule has 0 heterocycles. The Morgan fingerprint density at radius 3 is 1.63 bits per heavy atom. The van der Waals surface area contributed by atoms with Crippen LogP contribution in [0.3, 0.4) is 0 Å². The number of hydrogen-bond acceptors (Lipinski definition) is 4. The van der Waals surface area contributed by atoms with Gasteiger partial charge in [-0.3, -0.25) is 4.55 Å². The molecule has 6 heteroatoms. The van der Waals surface area contributed by atoms with Crippen LogP contribution in [0.2, 0.25) is 0 Å². The average molecular weight is 443 g/mol. The van der Waals surface area contributed by atoms with Crippen LogP contribution in [0, 0.1) is 0 Å². The zero-order valence-corrected chi connectivity index (χ0v) is 19.7. The molecule has 5 nitrogen and oxygen atoms in total. The largest absolute Gasteiger partial charge is 0.508 e. The molecule has 1 unspecified atom stereocenters. The van der Waals surface area contributed by atoms with Crippen LogP contribution in [-0.4, -0.2) is 23.2 Å². The molecule has 30 heavy (non-hydrogen) atoms. The maximum absolute atomic E-state index is 11.2. The monoisotopic (exact) mass is 442 g/mol. The van der Waals surface area contributed by atoms with Crippen molar-refractivity contribution in [2.75, 3.05) is 0 Å². The Morgan fingerprint density at radius 2 is 1.20 bits per heavy atom. The molecule has 0 aromatic heterocycles. The van der Waals surface area contributed by atoms with Crippen molar-refractivity contribution in [3.8, 4) is 11.5 Å². The third-order valence-electron chi connectivity index (χ3n) is 5.97. The number of benzene rings is 1. The predicted octanol–water partition coefficient (Wildman–Crippen LogP) is 7.32. The van der Waals surface area contributed by atoms with Gasteiger partial charge in [0.15, 0.2) is 0 Å². The van der Waals surface area contributed by atoms with E-state index in [9.17, 15) is 18.6 Å². The topological polar surface area (TPSA) is 94.8 Å². The van der Waals surface area contributed by atoms with E-state index in [2.05, 4.69) is 6.92 Å². The Labute approximate surface area is 183 Å². The number of hydrogen-bond donors (Lipinski definition) is 3. The van der Waals surface area contributed by atoms with Crippen molar-refractivity contribution in [1.29, 1.82) is 0 Å². The fourth-order valence-corrected chi connectivity index (χ4v) is 4.68. The minimum absolute atomic E-state index is 0.0547. The summed E-state index contributed by atoms with van der Waals surface area (Å²) in [4.78, 5) is -0.653. The second-order valence-corrected chi connectivity index (χ2v) is 9.88. The van der Waals surface area contributed by atoms with Crippen LogP contribution in [0.1, 0.15) is 122 Å². The van der Waals surface area contributed by atoms with E-state index in [1.165, 1.54) is 76.7 Å². The second-order valence-electron chi connectivity index (χ2n) is 8.49. The lowest BCUT2D eigenvalue weighted by Gasteiger charge is -2.18. The fraction of sp³-hybridized carbons (Fsp3) is 0.750. The number of phenolic OH excluding ortho intramolecular Hbond substituents is 2. The molecule has 0 amide bonds. The van der Waals surface area contributed by atoms with Crippen LogP contribution in [-0.2, 0) is 10.1 Å². The van der Waals surface area contributed by atoms with Crippen molar-refractivity contribution >= 4 is 10.1 Å². The van der Waals surface area contributed by atoms with E-state index in [0.29, 0.717) is 5.56 Å². The van der Waals surface area contributed by atoms with E-state index in [1.807, 2.05) is 6.92 Å². The van der Waals surface area contributed by atoms with Crippen LogP contribution >= 0.6 is 0 Å². The highest BCUT2D eigenvalue weighted by Crippen LogP contribution is 2.38. The highest BCUT2D eigenvalue weighted by atomic mass is 32.2. The van der Waals surface area contributed by atoms with Gasteiger partial charge in [-0.15, -0.1) is 0 Å². The Morgan fingerprint density at radius 1 is 0.733 bits per heavy atom. The van der Waals surface area contributed by atoms with Crippen molar-refractivity contribution in [2.24, 2.45) is 0 Å². The minimum atomic E-state index is -4.56. The molecule has 1 aromatic rings. The molecule has 0 spiro atoms. The lowest BCUT2D eigenvalue weighted by molar-refractivity contribution is 0.421. The standard InChI is InChI=1S/C24H42O5S/c1-3-5-6-7-8-9-10-11-12-13-14-15-16-17-20(4-2)21-18-23(26)24(19-22(21)25)30(27,28)29/h18-20,25-26H,3-17H2,1-2H3,(H,27,28,29). The Balaban J connectivity index is 2.25. The molecular formula is C24H42O5S. The van der Waals surface area contributed by atoms with Crippen LogP contribution < -0.4 is 0 Å². The third kappa shape index (κ3) is 10.2. The summed E-state index contributed by atoms with van der Waals surface area (Å²) in [6.07, 6.45) is 18.5. The molecule has 1 atom stereocenters. The number of aromatic hydroxyl groups is 2. The van der Waals surface area contributed by atoms with Crippen molar-refractivity contribution in [3.05, 3.63) is 17.7 Å². The molecular weight excluding hydrogens is 400 g/mol. The van der Waals surface area contributed by atoms with Gasteiger partial charge in [0.2, 0.25) is 0 Å². The van der Waals surface area contributed by atoms with Gasteiger partial charge >= 0.3 is 0 Å². The van der Waals surface area contributed by atoms with Gasteiger partial charge in [0.25, 0.3) is 10.1 Å². The molecule has 3 N–H and O–H groups in total.